The zero-order chi connectivity index (χ0) is 15.4. The van der Waals surface area contributed by atoms with Crippen LogP contribution in [0.5, 0.6) is 0 Å². The van der Waals surface area contributed by atoms with Gasteiger partial charge >= 0.3 is 0 Å². The van der Waals surface area contributed by atoms with Crippen LogP contribution >= 0.6 is 24.8 Å². The van der Waals surface area contributed by atoms with Crippen molar-refractivity contribution in [3.63, 3.8) is 0 Å². The molecule has 3 aliphatic rings. The zero-order valence-electron chi connectivity index (χ0n) is 14.5. The van der Waals surface area contributed by atoms with Crippen molar-refractivity contribution in [3.05, 3.63) is 0 Å². The summed E-state index contributed by atoms with van der Waals surface area (Å²) in [5, 5.41) is 0. The Kier molecular flexibility index (Phi) is 9.90. The number of carbonyl (C=O) groups excluding carboxylic acids is 1. The predicted molar refractivity (Wildman–Crippen MR) is 101 cm³/mol. The molecule has 3 aliphatic heterocycles. The second-order valence-corrected chi connectivity index (χ2v) is 7.28. The van der Waals surface area contributed by atoms with Crippen LogP contribution in [0.2, 0.25) is 0 Å². The molecule has 5 nitrogen and oxygen atoms in total. The van der Waals surface area contributed by atoms with E-state index in [-0.39, 0.29) is 36.8 Å². The minimum absolute atomic E-state index is 0. The van der Waals surface area contributed by atoms with E-state index in [1.165, 1.54) is 32.4 Å². The first-order valence-corrected chi connectivity index (χ1v) is 9.08. The maximum absolute atomic E-state index is 12.6. The maximum Gasteiger partial charge on any atom is 0.239 e. The molecule has 0 spiro atoms. The van der Waals surface area contributed by atoms with E-state index in [2.05, 4.69) is 4.90 Å². The summed E-state index contributed by atoms with van der Waals surface area (Å²) in [4.78, 5) is 17.2. The number of hydrogen-bond acceptors (Lipinski definition) is 4. The summed E-state index contributed by atoms with van der Waals surface area (Å²) in [6.07, 6.45) is 7.05. The minimum Gasteiger partial charge on any atom is -0.381 e. The van der Waals surface area contributed by atoms with E-state index >= 15 is 0 Å². The molecular formula is C17H33Cl2N3O2. The quantitative estimate of drug-likeness (QED) is 0.807. The summed E-state index contributed by atoms with van der Waals surface area (Å²) in [5.74, 6) is 1.12. The van der Waals surface area contributed by atoms with E-state index in [0.29, 0.717) is 11.8 Å². The normalized spacial score (nSPS) is 27.2. The van der Waals surface area contributed by atoms with E-state index in [1.54, 1.807) is 0 Å². The molecule has 24 heavy (non-hydrogen) atoms. The van der Waals surface area contributed by atoms with Gasteiger partial charge in [0.2, 0.25) is 5.91 Å². The van der Waals surface area contributed by atoms with Crippen molar-refractivity contribution in [1.29, 1.82) is 0 Å². The molecule has 3 rings (SSSR count). The highest BCUT2D eigenvalue weighted by molar-refractivity contribution is 5.85. The second-order valence-electron chi connectivity index (χ2n) is 7.28. The van der Waals surface area contributed by atoms with Crippen molar-refractivity contribution < 1.29 is 9.53 Å². The lowest BCUT2D eigenvalue weighted by atomic mass is 9.91. The number of amides is 1. The largest absolute Gasteiger partial charge is 0.381 e. The molecular weight excluding hydrogens is 349 g/mol. The third kappa shape index (κ3) is 5.73. The van der Waals surface area contributed by atoms with Crippen molar-refractivity contribution in [2.24, 2.45) is 17.6 Å². The van der Waals surface area contributed by atoms with Gasteiger partial charge in [0.15, 0.2) is 0 Å². The van der Waals surface area contributed by atoms with Gasteiger partial charge in [-0.15, -0.1) is 24.8 Å². The first-order valence-electron chi connectivity index (χ1n) is 9.08. The Balaban J connectivity index is 0.00000144. The van der Waals surface area contributed by atoms with Crippen molar-refractivity contribution in [1.82, 2.24) is 9.80 Å². The molecule has 3 saturated heterocycles. The van der Waals surface area contributed by atoms with Crippen LogP contribution in [0.25, 0.3) is 0 Å². The second kappa shape index (κ2) is 10.8. The Morgan fingerprint density at radius 2 is 1.71 bits per heavy atom. The number of piperidine rings is 1. The van der Waals surface area contributed by atoms with Crippen molar-refractivity contribution >= 4 is 30.7 Å². The average molecular weight is 382 g/mol. The first kappa shape index (κ1) is 22.0. The third-order valence-electron chi connectivity index (χ3n) is 5.62. The maximum atomic E-state index is 12.6. The summed E-state index contributed by atoms with van der Waals surface area (Å²) in [5.41, 5.74) is 6.24. The number of nitrogens with zero attached hydrogens (tertiary/aromatic N) is 2. The van der Waals surface area contributed by atoms with Gasteiger partial charge in [0.25, 0.3) is 0 Å². The SMILES string of the molecule is Cl.Cl.NC(C(=O)N1CCC(CN2CCCCC2)C1)C1CCOCC1. The molecule has 0 bridgehead atoms. The molecule has 0 aromatic carbocycles. The van der Waals surface area contributed by atoms with Crippen LogP contribution < -0.4 is 5.73 Å². The summed E-state index contributed by atoms with van der Waals surface area (Å²) in [6, 6.07) is -0.322. The highest BCUT2D eigenvalue weighted by atomic mass is 35.5. The molecule has 3 heterocycles. The molecule has 0 aromatic heterocycles. The zero-order valence-corrected chi connectivity index (χ0v) is 16.2. The lowest BCUT2D eigenvalue weighted by Gasteiger charge is -2.31. The van der Waals surface area contributed by atoms with Crippen LogP contribution in [0.4, 0.5) is 0 Å². The number of nitrogens with two attached hydrogens (primary N) is 1. The summed E-state index contributed by atoms with van der Waals surface area (Å²) in [7, 11) is 0. The van der Waals surface area contributed by atoms with Gasteiger partial charge in [0.1, 0.15) is 0 Å². The molecule has 2 unspecified atom stereocenters. The number of likely N-dealkylation sites (tertiary alicyclic amines) is 2. The Morgan fingerprint density at radius 3 is 2.38 bits per heavy atom. The van der Waals surface area contributed by atoms with E-state index in [9.17, 15) is 4.79 Å². The van der Waals surface area contributed by atoms with Crippen molar-refractivity contribution in [2.75, 3.05) is 45.9 Å². The highest BCUT2D eigenvalue weighted by Gasteiger charge is 2.34. The molecule has 142 valence electrons. The monoisotopic (exact) mass is 381 g/mol. The van der Waals surface area contributed by atoms with Gasteiger partial charge in [-0.05, 0) is 57.0 Å². The molecule has 1 amide bonds. The van der Waals surface area contributed by atoms with Crippen LogP contribution in [0.3, 0.4) is 0 Å². The van der Waals surface area contributed by atoms with Gasteiger partial charge in [-0.25, -0.2) is 0 Å². The number of ether oxygens (including phenoxy) is 1. The van der Waals surface area contributed by atoms with Crippen molar-refractivity contribution in [3.8, 4) is 0 Å². The molecule has 0 saturated carbocycles. The van der Waals surface area contributed by atoms with Gasteiger partial charge in [0, 0.05) is 32.8 Å². The number of halogens is 2. The fourth-order valence-electron chi connectivity index (χ4n) is 4.18. The third-order valence-corrected chi connectivity index (χ3v) is 5.62. The average Bonchev–Trinajstić information content (AvgIpc) is 3.04. The topological polar surface area (TPSA) is 58.8 Å². The fourth-order valence-corrected chi connectivity index (χ4v) is 4.18. The van der Waals surface area contributed by atoms with Gasteiger partial charge < -0.3 is 20.3 Å². The van der Waals surface area contributed by atoms with Crippen LogP contribution in [-0.2, 0) is 9.53 Å². The van der Waals surface area contributed by atoms with E-state index in [4.69, 9.17) is 10.5 Å². The van der Waals surface area contributed by atoms with Crippen molar-refractivity contribution in [2.45, 2.75) is 44.6 Å². The molecule has 2 N–H and O–H groups in total. The fraction of sp³-hybridized carbons (Fsp3) is 0.941. The Labute approximate surface area is 158 Å². The smallest absolute Gasteiger partial charge is 0.239 e. The highest BCUT2D eigenvalue weighted by Crippen LogP contribution is 2.23. The van der Waals surface area contributed by atoms with Crippen LogP contribution in [-0.4, -0.2) is 67.7 Å². The molecule has 0 radical (unpaired) electrons. The first-order chi connectivity index (χ1) is 10.7. The number of hydrogen-bond donors (Lipinski definition) is 1. The van der Waals surface area contributed by atoms with Gasteiger partial charge in [-0.2, -0.15) is 0 Å². The standard InChI is InChI=1S/C17H31N3O2.2ClH/c18-16(15-5-10-22-11-6-15)17(21)20-9-4-14(13-20)12-19-7-2-1-3-8-19;;/h14-16H,1-13,18H2;2*1H. The summed E-state index contributed by atoms with van der Waals surface area (Å²) in [6.45, 7) is 6.96. The van der Waals surface area contributed by atoms with Crippen LogP contribution in [0.1, 0.15) is 38.5 Å². The molecule has 0 aliphatic carbocycles. The Hall–Kier alpha value is -0.0700. The molecule has 0 aromatic rings. The van der Waals surface area contributed by atoms with Crippen LogP contribution in [0.15, 0.2) is 0 Å². The Bertz CT molecular complexity index is 375. The van der Waals surface area contributed by atoms with Gasteiger partial charge in [-0.1, -0.05) is 6.42 Å². The lowest BCUT2D eigenvalue weighted by molar-refractivity contribution is -0.133. The predicted octanol–water partition coefficient (Wildman–Crippen LogP) is 1.92. The van der Waals surface area contributed by atoms with Gasteiger partial charge in [-0.3, -0.25) is 4.79 Å². The van der Waals surface area contributed by atoms with Crippen LogP contribution in [0, 0.1) is 11.8 Å². The summed E-state index contributed by atoms with van der Waals surface area (Å²) < 4.78 is 5.37. The van der Waals surface area contributed by atoms with E-state index in [1.807, 2.05) is 4.90 Å². The molecule has 3 fully saturated rings. The number of carbonyl (C=O) groups is 1. The minimum atomic E-state index is -0.322. The number of rotatable bonds is 4. The van der Waals surface area contributed by atoms with Gasteiger partial charge in [0.05, 0.1) is 6.04 Å². The molecule has 2 atom stereocenters. The lowest BCUT2D eigenvalue weighted by Crippen LogP contribution is -2.48. The Morgan fingerprint density at radius 1 is 1.04 bits per heavy atom. The summed E-state index contributed by atoms with van der Waals surface area (Å²) >= 11 is 0. The molecule has 7 heteroatoms. The van der Waals surface area contributed by atoms with E-state index < -0.39 is 0 Å². The van der Waals surface area contributed by atoms with E-state index in [0.717, 1.165) is 52.1 Å².